The summed E-state index contributed by atoms with van der Waals surface area (Å²) < 4.78 is 0. The molecule has 1 aliphatic heterocycles. The third kappa shape index (κ3) is 3.37. The Balaban J connectivity index is 2.10. The fraction of sp³-hybridized carbons (Fsp3) is 0.462. The van der Waals surface area contributed by atoms with Crippen molar-refractivity contribution in [3.05, 3.63) is 29.3 Å². The van der Waals surface area contributed by atoms with E-state index in [1.165, 1.54) is 0 Å². The fourth-order valence-electron chi connectivity index (χ4n) is 2.52. The van der Waals surface area contributed by atoms with Gasteiger partial charge in [-0.2, -0.15) is 0 Å². The molecule has 4 nitrogen and oxygen atoms in total. The molecule has 98 valence electrons. The summed E-state index contributed by atoms with van der Waals surface area (Å²) in [6.07, 6.45) is 0.939. The highest BCUT2D eigenvalue weighted by Gasteiger charge is 2.26. The van der Waals surface area contributed by atoms with Crippen LogP contribution in [0.2, 0.25) is 5.02 Å². The van der Waals surface area contributed by atoms with Gasteiger partial charge in [-0.3, -0.25) is 4.79 Å². The Morgan fingerprint density at radius 1 is 1.50 bits per heavy atom. The summed E-state index contributed by atoms with van der Waals surface area (Å²) in [5.41, 5.74) is 7.01. The highest BCUT2D eigenvalue weighted by atomic mass is 35.5. The molecular weight excluding hydrogens is 252 g/mol. The Hall–Kier alpha value is -1.26. The molecule has 0 spiro atoms. The maximum atomic E-state index is 10.8. The number of piperidine rings is 1. The van der Waals surface area contributed by atoms with Crippen molar-refractivity contribution in [1.29, 1.82) is 0 Å². The van der Waals surface area contributed by atoms with Crippen molar-refractivity contribution < 1.29 is 9.90 Å². The number of carboxylic acids is 1. The van der Waals surface area contributed by atoms with E-state index in [1.54, 1.807) is 0 Å². The Bertz CT molecular complexity index is 439. The minimum atomic E-state index is -0.764. The van der Waals surface area contributed by atoms with Crippen molar-refractivity contribution in [2.75, 3.05) is 18.0 Å². The number of carbonyl (C=O) groups is 1. The lowest BCUT2D eigenvalue weighted by molar-refractivity contribution is -0.138. The normalized spacial score (nSPS) is 24.0. The van der Waals surface area contributed by atoms with Gasteiger partial charge >= 0.3 is 5.97 Å². The molecule has 0 bridgehead atoms. The number of anilines is 1. The van der Waals surface area contributed by atoms with Gasteiger partial charge in [-0.05, 0) is 30.5 Å². The van der Waals surface area contributed by atoms with Crippen LogP contribution in [0.3, 0.4) is 0 Å². The zero-order valence-corrected chi connectivity index (χ0v) is 10.8. The smallest absolute Gasteiger partial charge is 0.303 e. The Morgan fingerprint density at radius 3 is 2.94 bits per heavy atom. The minimum absolute atomic E-state index is 0.0158. The van der Waals surface area contributed by atoms with Gasteiger partial charge < -0.3 is 15.7 Å². The molecule has 0 aromatic heterocycles. The van der Waals surface area contributed by atoms with Crippen LogP contribution in [-0.2, 0) is 4.79 Å². The zero-order chi connectivity index (χ0) is 13.1. The van der Waals surface area contributed by atoms with Crippen LogP contribution in [-0.4, -0.2) is 30.2 Å². The number of benzene rings is 1. The van der Waals surface area contributed by atoms with Gasteiger partial charge in [0, 0.05) is 36.3 Å². The molecule has 0 aliphatic carbocycles. The van der Waals surface area contributed by atoms with E-state index < -0.39 is 5.97 Å². The van der Waals surface area contributed by atoms with E-state index in [0.717, 1.165) is 25.2 Å². The number of halogens is 1. The van der Waals surface area contributed by atoms with Crippen LogP contribution in [0, 0.1) is 5.92 Å². The first kappa shape index (κ1) is 13.2. The van der Waals surface area contributed by atoms with Gasteiger partial charge in [-0.25, -0.2) is 0 Å². The average Bonchev–Trinajstić information content (AvgIpc) is 2.27. The largest absolute Gasteiger partial charge is 0.481 e. The molecule has 1 aromatic rings. The molecule has 0 radical (unpaired) electrons. The van der Waals surface area contributed by atoms with Crippen LogP contribution in [0.15, 0.2) is 24.3 Å². The van der Waals surface area contributed by atoms with Crippen molar-refractivity contribution in [3.63, 3.8) is 0 Å². The third-order valence-electron chi connectivity index (χ3n) is 3.21. The number of hydrogen-bond donors (Lipinski definition) is 2. The van der Waals surface area contributed by atoms with E-state index >= 15 is 0 Å². The summed E-state index contributed by atoms with van der Waals surface area (Å²) in [4.78, 5) is 12.9. The second-order valence-electron chi connectivity index (χ2n) is 4.84. The van der Waals surface area contributed by atoms with Gasteiger partial charge in [0.05, 0.1) is 0 Å². The summed E-state index contributed by atoms with van der Waals surface area (Å²) in [7, 11) is 0. The van der Waals surface area contributed by atoms with E-state index in [2.05, 4.69) is 4.90 Å². The van der Waals surface area contributed by atoms with Crippen LogP contribution in [0.25, 0.3) is 0 Å². The molecule has 0 saturated carbocycles. The Kier molecular flexibility index (Phi) is 4.09. The molecule has 1 aliphatic rings. The predicted molar refractivity (Wildman–Crippen MR) is 72.0 cm³/mol. The molecular formula is C13H17ClN2O2. The van der Waals surface area contributed by atoms with E-state index in [-0.39, 0.29) is 18.4 Å². The van der Waals surface area contributed by atoms with Gasteiger partial charge in [-0.1, -0.05) is 17.7 Å². The Morgan fingerprint density at radius 2 is 2.28 bits per heavy atom. The molecule has 2 atom stereocenters. The lowest BCUT2D eigenvalue weighted by Gasteiger charge is -2.37. The molecule has 0 amide bonds. The summed E-state index contributed by atoms with van der Waals surface area (Å²) in [6, 6.07) is 7.59. The van der Waals surface area contributed by atoms with E-state index in [4.69, 9.17) is 22.4 Å². The number of hydrogen-bond acceptors (Lipinski definition) is 3. The number of nitrogens with zero attached hydrogens (tertiary/aromatic N) is 1. The summed E-state index contributed by atoms with van der Waals surface area (Å²) in [6.45, 7) is 1.47. The molecule has 1 aromatic carbocycles. The first-order valence-electron chi connectivity index (χ1n) is 6.02. The minimum Gasteiger partial charge on any atom is -0.481 e. The first-order valence-corrected chi connectivity index (χ1v) is 6.40. The number of aliphatic carboxylic acids is 1. The van der Waals surface area contributed by atoms with Crippen molar-refractivity contribution in [1.82, 2.24) is 0 Å². The quantitative estimate of drug-likeness (QED) is 0.880. The highest BCUT2D eigenvalue weighted by molar-refractivity contribution is 6.30. The number of nitrogens with two attached hydrogens (primary N) is 1. The van der Waals surface area contributed by atoms with Crippen LogP contribution in [0.1, 0.15) is 12.8 Å². The lowest BCUT2D eigenvalue weighted by atomic mass is 9.91. The van der Waals surface area contributed by atoms with Crippen LogP contribution in [0.5, 0.6) is 0 Å². The van der Waals surface area contributed by atoms with E-state index in [1.807, 2.05) is 24.3 Å². The van der Waals surface area contributed by atoms with Crippen LogP contribution >= 0.6 is 11.6 Å². The molecule has 2 rings (SSSR count). The summed E-state index contributed by atoms with van der Waals surface area (Å²) in [5, 5.41) is 9.55. The second-order valence-corrected chi connectivity index (χ2v) is 5.28. The highest BCUT2D eigenvalue weighted by Crippen LogP contribution is 2.26. The standard InChI is InChI=1S/C13H17ClN2O2/c14-10-2-1-3-12(6-10)16-7-9(5-13(17)18)4-11(15)8-16/h1-3,6,9,11H,4-5,7-8,15H2,(H,17,18). The number of rotatable bonds is 3. The van der Waals surface area contributed by atoms with Crippen LogP contribution < -0.4 is 10.6 Å². The van der Waals surface area contributed by atoms with Crippen molar-refractivity contribution in [3.8, 4) is 0 Å². The molecule has 18 heavy (non-hydrogen) atoms. The summed E-state index contributed by atoms with van der Waals surface area (Å²) >= 11 is 5.97. The molecule has 5 heteroatoms. The lowest BCUT2D eigenvalue weighted by Crippen LogP contribution is -2.47. The van der Waals surface area contributed by atoms with Gasteiger partial charge in [0.1, 0.15) is 0 Å². The van der Waals surface area contributed by atoms with Crippen LogP contribution in [0.4, 0.5) is 5.69 Å². The number of carboxylic acid groups (broad SMARTS) is 1. The van der Waals surface area contributed by atoms with E-state index in [0.29, 0.717) is 5.02 Å². The third-order valence-corrected chi connectivity index (χ3v) is 3.44. The fourth-order valence-corrected chi connectivity index (χ4v) is 2.71. The van der Waals surface area contributed by atoms with E-state index in [9.17, 15) is 4.79 Å². The van der Waals surface area contributed by atoms with Gasteiger partial charge in [0.15, 0.2) is 0 Å². The Labute approximate surface area is 111 Å². The maximum absolute atomic E-state index is 10.8. The molecule has 3 N–H and O–H groups in total. The average molecular weight is 269 g/mol. The first-order chi connectivity index (χ1) is 8.54. The zero-order valence-electron chi connectivity index (χ0n) is 10.1. The van der Waals surface area contributed by atoms with Gasteiger partial charge in [-0.15, -0.1) is 0 Å². The molecule has 1 heterocycles. The SMILES string of the molecule is NC1CC(CC(=O)O)CN(c2cccc(Cl)c2)C1. The summed E-state index contributed by atoms with van der Waals surface area (Å²) in [5.74, 6) is -0.662. The topological polar surface area (TPSA) is 66.6 Å². The second kappa shape index (κ2) is 5.59. The monoisotopic (exact) mass is 268 g/mol. The van der Waals surface area contributed by atoms with Crippen molar-refractivity contribution in [2.45, 2.75) is 18.9 Å². The van der Waals surface area contributed by atoms with Gasteiger partial charge in [0.2, 0.25) is 0 Å². The van der Waals surface area contributed by atoms with Crippen molar-refractivity contribution >= 4 is 23.3 Å². The molecule has 1 saturated heterocycles. The molecule has 2 unspecified atom stereocenters. The molecule has 1 fully saturated rings. The van der Waals surface area contributed by atoms with Crippen molar-refractivity contribution in [2.24, 2.45) is 11.7 Å². The predicted octanol–water partition coefficient (Wildman–Crippen LogP) is 1.97. The maximum Gasteiger partial charge on any atom is 0.303 e. The van der Waals surface area contributed by atoms with Gasteiger partial charge in [0.25, 0.3) is 0 Å².